The van der Waals surface area contributed by atoms with E-state index < -0.39 is 22.0 Å². The Kier molecular flexibility index (Phi) is 6.94. The summed E-state index contributed by atoms with van der Waals surface area (Å²) < 4.78 is 42.8. The van der Waals surface area contributed by atoms with Crippen molar-refractivity contribution >= 4 is 21.6 Å². The number of nitrogens with one attached hydrogen (secondary N) is 1. The van der Waals surface area contributed by atoms with Crippen molar-refractivity contribution in [1.82, 2.24) is 5.32 Å². The van der Waals surface area contributed by atoms with Crippen molar-refractivity contribution in [2.75, 3.05) is 30.9 Å². The predicted octanol–water partition coefficient (Wildman–Crippen LogP) is 2.89. The molecule has 2 aromatic carbocycles. The van der Waals surface area contributed by atoms with Crippen molar-refractivity contribution in [3.8, 4) is 17.2 Å². The minimum atomic E-state index is -3.73. The smallest absolute Gasteiger partial charge is 0.244 e. The molecule has 0 saturated heterocycles. The molecule has 2 atom stereocenters. The second-order valence-corrected chi connectivity index (χ2v) is 9.18. The van der Waals surface area contributed by atoms with Crippen molar-refractivity contribution < 1.29 is 27.4 Å². The summed E-state index contributed by atoms with van der Waals surface area (Å²) in [6.07, 6.45) is 1.39. The first-order chi connectivity index (χ1) is 14.7. The highest BCUT2D eigenvalue weighted by Gasteiger charge is 2.32. The number of sulfonamides is 1. The molecule has 168 valence electrons. The van der Waals surface area contributed by atoms with Crippen LogP contribution in [0.2, 0.25) is 0 Å². The van der Waals surface area contributed by atoms with Gasteiger partial charge in [-0.2, -0.15) is 0 Å². The number of carbonyl (C=O) groups excluding carboxylic acids is 1. The monoisotopic (exact) mass is 448 g/mol. The lowest BCUT2D eigenvalue weighted by Crippen LogP contribution is -2.49. The van der Waals surface area contributed by atoms with Crippen molar-refractivity contribution in [3.63, 3.8) is 0 Å². The number of ether oxygens (including phenoxy) is 3. The molecule has 0 spiro atoms. The Hall–Kier alpha value is -2.94. The second-order valence-electron chi connectivity index (χ2n) is 7.32. The Morgan fingerprint density at radius 1 is 1.16 bits per heavy atom. The molecule has 1 aliphatic heterocycles. The van der Waals surface area contributed by atoms with Crippen LogP contribution in [-0.2, 0) is 14.8 Å². The molecule has 0 unspecified atom stereocenters. The number of carbonyl (C=O) groups is 1. The zero-order chi connectivity index (χ0) is 22.6. The first-order valence-electron chi connectivity index (χ1n) is 10.1. The lowest BCUT2D eigenvalue weighted by molar-refractivity contribution is -0.122. The van der Waals surface area contributed by atoms with Gasteiger partial charge in [-0.05, 0) is 43.2 Å². The molecule has 0 radical (unpaired) electrons. The van der Waals surface area contributed by atoms with Crippen LogP contribution in [0.15, 0.2) is 42.5 Å². The Morgan fingerprint density at radius 3 is 2.52 bits per heavy atom. The number of benzene rings is 2. The molecule has 2 aromatic rings. The molecule has 1 aliphatic rings. The van der Waals surface area contributed by atoms with Crippen molar-refractivity contribution in [3.05, 3.63) is 48.0 Å². The molecule has 3 rings (SSSR count). The molecule has 1 amide bonds. The highest BCUT2D eigenvalue weighted by Crippen LogP contribution is 2.33. The van der Waals surface area contributed by atoms with E-state index in [1.165, 1.54) is 7.11 Å². The third kappa shape index (κ3) is 5.22. The van der Waals surface area contributed by atoms with E-state index >= 15 is 0 Å². The predicted molar refractivity (Wildman–Crippen MR) is 118 cm³/mol. The molecule has 0 bridgehead atoms. The minimum absolute atomic E-state index is 0.296. The van der Waals surface area contributed by atoms with Gasteiger partial charge in [-0.15, -0.1) is 0 Å². The summed E-state index contributed by atoms with van der Waals surface area (Å²) in [4.78, 5) is 13.2. The van der Waals surface area contributed by atoms with Gasteiger partial charge in [0.15, 0.2) is 11.5 Å². The Balaban J connectivity index is 1.84. The summed E-state index contributed by atoms with van der Waals surface area (Å²) in [5, 5.41) is 2.93. The summed E-state index contributed by atoms with van der Waals surface area (Å²) >= 11 is 0. The van der Waals surface area contributed by atoms with Gasteiger partial charge in [0.05, 0.1) is 25.1 Å². The van der Waals surface area contributed by atoms with Crippen LogP contribution in [0.3, 0.4) is 0 Å². The topological polar surface area (TPSA) is 94.2 Å². The Morgan fingerprint density at radius 2 is 1.87 bits per heavy atom. The maximum Gasteiger partial charge on any atom is 0.244 e. The second kappa shape index (κ2) is 9.47. The number of hydrogen-bond donors (Lipinski definition) is 1. The van der Waals surface area contributed by atoms with E-state index in [0.29, 0.717) is 42.6 Å². The van der Waals surface area contributed by atoms with Crippen LogP contribution in [0.1, 0.15) is 31.9 Å². The third-order valence-electron chi connectivity index (χ3n) is 5.06. The normalized spacial score (nSPS) is 15.0. The molecule has 0 fully saturated rings. The lowest BCUT2D eigenvalue weighted by Gasteiger charge is -2.31. The van der Waals surface area contributed by atoms with E-state index in [0.717, 1.165) is 16.1 Å². The largest absolute Gasteiger partial charge is 0.497 e. The molecular weight excluding hydrogens is 420 g/mol. The SMILES string of the molecule is CC[C@@H](C(=O)N[C@H](C)c1ccc2c(c1)OCCO2)N(c1cccc(OC)c1)S(C)(=O)=O. The van der Waals surface area contributed by atoms with Gasteiger partial charge in [0, 0.05) is 6.07 Å². The summed E-state index contributed by atoms with van der Waals surface area (Å²) in [6, 6.07) is 10.9. The fourth-order valence-corrected chi connectivity index (χ4v) is 4.73. The maximum absolute atomic E-state index is 13.2. The highest BCUT2D eigenvalue weighted by atomic mass is 32.2. The summed E-state index contributed by atoms with van der Waals surface area (Å²) in [5.41, 5.74) is 1.20. The van der Waals surface area contributed by atoms with Gasteiger partial charge in [-0.1, -0.05) is 19.1 Å². The van der Waals surface area contributed by atoms with Crippen molar-refractivity contribution in [2.24, 2.45) is 0 Å². The molecule has 1 N–H and O–H groups in total. The first-order valence-corrected chi connectivity index (χ1v) is 11.9. The van der Waals surface area contributed by atoms with Crippen LogP contribution in [0.5, 0.6) is 17.2 Å². The standard InChI is InChI=1S/C22H28N2O6S/c1-5-19(24(31(4,26)27)17-7-6-8-18(14-17)28-3)22(25)23-15(2)16-9-10-20-21(13-16)30-12-11-29-20/h6-10,13-15,19H,5,11-12H2,1-4H3,(H,23,25)/t15-,19+/m1/s1. The summed E-state index contributed by atoms with van der Waals surface area (Å²) in [6.45, 7) is 4.59. The fraction of sp³-hybridized carbons (Fsp3) is 0.409. The number of rotatable bonds is 8. The zero-order valence-electron chi connectivity index (χ0n) is 18.1. The molecule has 9 heteroatoms. The number of nitrogens with zero attached hydrogens (tertiary/aromatic N) is 1. The van der Waals surface area contributed by atoms with Crippen molar-refractivity contribution in [2.45, 2.75) is 32.4 Å². The average molecular weight is 449 g/mol. The third-order valence-corrected chi connectivity index (χ3v) is 6.24. The van der Waals surface area contributed by atoms with Crippen LogP contribution in [0.4, 0.5) is 5.69 Å². The zero-order valence-corrected chi connectivity index (χ0v) is 18.9. The van der Waals surface area contributed by atoms with Crippen LogP contribution >= 0.6 is 0 Å². The van der Waals surface area contributed by atoms with Gasteiger partial charge < -0.3 is 19.5 Å². The number of methoxy groups -OCH3 is 1. The molecular formula is C22H28N2O6S. The number of fused-ring (bicyclic) bond motifs is 1. The molecule has 31 heavy (non-hydrogen) atoms. The Bertz CT molecular complexity index is 1040. The van der Waals surface area contributed by atoms with E-state index in [4.69, 9.17) is 14.2 Å². The number of amides is 1. The van der Waals surface area contributed by atoms with E-state index in [2.05, 4.69) is 5.32 Å². The van der Waals surface area contributed by atoms with Gasteiger partial charge >= 0.3 is 0 Å². The van der Waals surface area contributed by atoms with Crippen LogP contribution in [0, 0.1) is 0 Å². The van der Waals surface area contributed by atoms with E-state index in [-0.39, 0.29) is 6.04 Å². The lowest BCUT2D eigenvalue weighted by atomic mass is 10.1. The summed E-state index contributed by atoms with van der Waals surface area (Å²) in [7, 11) is -2.23. The minimum Gasteiger partial charge on any atom is -0.497 e. The van der Waals surface area contributed by atoms with E-state index in [1.54, 1.807) is 31.2 Å². The highest BCUT2D eigenvalue weighted by molar-refractivity contribution is 7.92. The number of hydrogen-bond acceptors (Lipinski definition) is 6. The van der Waals surface area contributed by atoms with Crippen LogP contribution in [-0.4, -0.2) is 46.9 Å². The maximum atomic E-state index is 13.2. The van der Waals surface area contributed by atoms with Gasteiger partial charge in [0.25, 0.3) is 0 Å². The summed E-state index contributed by atoms with van der Waals surface area (Å²) in [5.74, 6) is 1.41. The van der Waals surface area contributed by atoms with Gasteiger partial charge in [0.2, 0.25) is 15.9 Å². The van der Waals surface area contributed by atoms with Gasteiger partial charge in [-0.25, -0.2) is 8.42 Å². The van der Waals surface area contributed by atoms with Crippen LogP contribution in [0.25, 0.3) is 0 Å². The number of anilines is 1. The fourth-order valence-electron chi connectivity index (χ4n) is 3.53. The van der Waals surface area contributed by atoms with Gasteiger partial charge in [0.1, 0.15) is 25.0 Å². The van der Waals surface area contributed by atoms with Gasteiger partial charge in [-0.3, -0.25) is 9.10 Å². The molecule has 0 aromatic heterocycles. The average Bonchev–Trinajstić information content (AvgIpc) is 2.75. The molecule has 0 aliphatic carbocycles. The molecule has 0 saturated carbocycles. The quantitative estimate of drug-likeness (QED) is 0.667. The molecule has 8 nitrogen and oxygen atoms in total. The Labute approximate surface area is 183 Å². The molecule has 1 heterocycles. The van der Waals surface area contributed by atoms with Crippen LogP contribution < -0.4 is 23.8 Å². The van der Waals surface area contributed by atoms with Crippen molar-refractivity contribution in [1.29, 1.82) is 0 Å². The van der Waals surface area contributed by atoms with E-state index in [9.17, 15) is 13.2 Å². The first kappa shape index (κ1) is 22.7. The van der Waals surface area contributed by atoms with E-state index in [1.807, 2.05) is 25.1 Å².